The maximum Gasteiger partial charge on any atom is 0.225 e. The molecule has 2 aromatic rings. The molecule has 1 aromatic carbocycles. The summed E-state index contributed by atoms with van der Waals surface area (Å²) in [7, 11) is 0. The van der Waals surface area contributed by atoms with Gasteiger partial charge in [-0.1, -0.05) is 37.3 Å². The predicted molar refractivity (Wildman–Crippen MR) is 82.5 cm³/mol. The highest BCUT2D eigenvalue weighted by Crippen LogP contribution is 2.14. The molecule has 0 aliphatic carbocycles. The molecular formula is C16H22N4O. The molecule has 2 rings (SSSR count). The molecule has 0 saturated heterocycles. The van der Waals surface area contributed by atoms with Gasteiger partial charge in [-0.15, -0.1) is 0 Å². The second-order valence-electron chi connectivity index (χ2n) is 5.07. The predicted octanol–water partition coefficient (Wildman–Crippen LogP) is 1.79. The van der Waals surface area contributed by atoms with Crippen LogP contribution in [0.15, 0.2) is 42.7 Å². The Balaban J connectivity index is 1.99. The van der Waals surface area contributed by atoms with Gasteiger partial charge in [0.2, 0.25) is 5.91 Å². The van der Waals surface area contributed by atoms with Crippen molar-refractivity contribution in [3.05, 3.63) is 54.1 Å². The Bertz CT molecular complexity index is 539. The molecule has 0 radical (unpaired) electrons. The average molecular weight is 286 g/mol. The third kappa shape index (κ3) is 4.16. The third-order valence-corrected chi connectivity index (χ3v) is 3.55. The number of carbonyl (C=O) groups excluding carboxylic acids is 1. The van der Waals surface area contributed by atoms with Gasteiger partial charge in [-0.25, -0.2) is 4.98 Å². The van der Waals surface area contributed by atoms with E-state index in [-0.39, 0.29) is 17.9 Å². The SMILES string of the molecule is CCC(NC(=O)C(CN)Cc1ccccc1)c1ncc[nH]1. The van der Waals surface area contributed by atoms with E-state index in [2.05, 4.69) is 15.3 Å². The molecule has 0 aliphatic heterocycles. The van der Waals surface area contributed by atoms with Crippen LogP contribution in [0, 0.1) is 5.92 Å². The molecule has 5 nitrogen and oxygen atoms in total. The Morgan fingerprint density at radius 1 is 1.38 bits per heavy atom. The van der Waals surface area contributed by atoms with E-state index in [1.165, 1.54) is 0 Å². The number of amides is 1. The van der Waals surface area contributed by atoms with Crippen LogP contribution in [0.5, 0.6) is 0 Å². The van der Waals surface area contributed by atoms with Crippen molar-refractivity contribution in [3.63, 3.8) is 0 Å². The molecule has 5 heteroatoms. The number of aromatic nitrogens is 2. The van der Waals surface area contributed by atoms with E-state index in [1.54, 1.807) is 12.4 Å². The van der Waals surface area contributed by atoms with E-state index < -0.39 is 0 Å². The number of hydrogen-bond donors (Lipinski definition) is 3. The molecule has 0 saturated carbocycles. The van der Waals surface area contributed by atoms with E-state index in [9.17, 15) is 4.79 Å². The quantitative estimate of drug-likeness (QED) is 0.725. The standard InChI is InChI=1S/C16H22N4O/c1-2-14(15-18-8-9-19-15)20-16(21)13(11-17)10-12-6-4-3-5-7-12/h3-9,13-14H,2,10-11,17H2,1H3,(H,18,19)(H,20,21). The lowest BCUT2D eigenvalue weighted by molar-refractivity contribution is -0.125. The van der Waals surface area contributed by atoms with Crippen molar-refractivity contribution in [2.75, 3.05) is 6.54 Å². The number of hydrogen-bond acceptors (Lipinski definition) is 3. The highest BCUT2D eigenvalue weighted by Gasteiger charge is 2.21. The molecule has 1 heterocycles. The summed E-state index contributed by atoms with van der Waals surface area (Å²) in [5.74, 6) is 0.530. The van der Waals surface area contributed by atoms with E-state index in [1.807, 2.05) is 37.3 Å². The molecule has 112 valence electrons. The van der Waals surface area contributed by atoms with Crippen molar-refractivity contribution in [3.8, 4) is 0 Å². The summed E-state index contributed by atoms with van der Waals surface area (Å²) < 4.78 is 0. The average Bonchev–Trinajstić information content (AvgIpc) is 3.05. The normalized spacial score (nSPS) is 13.6. The number of H-pyrrole nitrogens is 1. The first-order chi connectivity index (χ1) is 10.2. The fourth-order valence-corrected chi connectivity index (χ4v) is 2.30. The molecule has 2 atom stereocenters. The van der Waals surface area contributed by atoms with E-state index in [4.69, 9.17) is 5.73 Å². The van der Waals surface area contributed by atoms with Crippen molar-refractivity contribution in [2.24, 2.45) is 11.7 Å². The van der Waals surface area contributed by atoms with Crippen LogP contribution in [0.4, 0.5) is 0 Å². The number of nitrogens with one attached hydrogen (secondary N) is 2. The summed E-state index contributed by atoms with van der Waals surface area (Å²) in [6, 6.07) is 9.83. The van der Waals surface area contributed by atoms with Gasteiger partial charge >= 0.3 is 0 Å². The Morgan fingerprint density at radius 2 is 2.14 bits per heavy atom. The molecule has 2 unspecified atom stereocenters. The van der Waals surface area contributed by atoms with Crippen LogP contribution in [0.25, 0.3) is 0 Å². The second-order valence-corrected chi connectivity index (χ2v) is 5.07. The molecule has 21 heavy (non-hydrogen) atoms. The minimum absolute atomic E-state index is 0.0235. The van der Waals surface area contributed by atoms with Gasteiger partial charge in [-0.2, -0.15) is 0 Å². The van der Waals surface area contributed by atoms with Crippen LogP contribution < -0.4 is 11.1 Å². The van der Waals surface area contributed by atoms with Gasteiger partial charge in [-0.05, 0) is 18.4 Å². The second kappa shape index (κ2) is 7.59. The number of imidazole rings is 1. The zero-order chi connectivity index (χ0) is 15.1. The van der Waals surface area contributed by atoms with Gasteiger partial charge < -0.3 is 16.0 Å². The zero-order valence-electron chi connectivity index (χ0n) is 12.3. The Morgan fingerprint density at radius 3 is 2.71 bits per heavy atom. The van der Waals surface area contributed by atoms with E-state index >= 15 is 0 Å². The largest absolute Gasteiger partial charge is 0.347 e. The summed E-state index contributed by atoms with van der Waals surface area (Å²) >= 11 is 0. The van der Waals surface area contributed by atoms with Crippen molar-refractivity contribution in [1.29, 1.82) is 0 Å². The summed E-state index contributed by atoms with van der Waals surface area (Å²) in [5, 5.41) is 3.03. The van der Waals surface area contributed by atoms with E-state index in [0.717, 1.165) is 17.8 Å². The van der Waals surface area contributed by atoms with Gasteiger partial charge in [0.25, 0.3) is 0 Å². The summed E-state index contributed by atoms with van der Waals surface area (Å²) in [6.45, 7) is 2.34. The molecule has 0 fully saturated rings. The van der Waals surface area contributed by atoms with Crippen molar-refractivity contribution < 1.29 is 4.79 Å². The maximum atomic E-state index is 12.4. The van der Waals surface area contributed by atoms with Crippen LogP contribution >= 0.6 is 0 Å². The maximum absolute atomic E-state index is 12.4. The molecule has 0 aliphatic rings. The highest BCUT2D eigenvalue weighted by molar-refractivity contribution is 5.79. The number of aromatic amines is 1. The fourth-order valence-electron chi connectivity index (χ4n) is 2.30. The van der Waals surface area contributed by atoms with Crippen LogP contribution in [-0.2, 0) is 11.2 Å². The first kappa shape index (κ1) is 15.3. The first-order valence-electron chi connectivity index (χ1n) is 7.28. The highest BCUT2D eigenvalue weighted by atomic mass is 16.2. The lowest BCUT2D eigenvalue weighted by atomic mass is 9.98. The Kier molecular flexibility index (Phi) is 5.51. The number of nitrogens with two attached hydrogens (primary N) is 1. The van der Waals surface area contributed by atoms with Gasteiger partial charge in [0.05, 0.1) is 12.0 Å². The molecule has 0 spiro atoms. The smallest absolute Gasteiger partial charge is 0.225 e. The fraction of sp³-hybridized carbons (Fsp3) is 0.375. The zero-order valence-corrected chi connectivity index (χ0v) is 12.3. The van der Waals surface area contributed by atoms with Crippen LogP contribution in [0.3, 0.4) is 0 Å². The summed E-state index contributed by atoms with van der Waals surface area (Å²) in [4.78, 5) is 19.7. The topological polar surface area (TPSA) is 83.8 Å². The first-order valence-corrected chi connectivity index (χ1v) is 7.28. The van der Waals surface area contributed by atoms with Crippen LogP contribution in [0.2, 0.25) is 0 Å². The van der Waals surface area contributed by atoms with Gasteiger partial charge in [-0.3, -0.25) is 4.79 Å². The summed E-state index contributed by atoms with van der Waals surface area (Å²) in [5.41, 5.74) is 6.89. The molecular weight excluding hydrogens is 264 g/mol. The molecule has 1 amide bonds. The molecule has 0 bridgehead atoms. The third-order valence-electron chi connectivity index (χ3n) is 3.55. The number of carbonyl (C=O) groups is 1. The van der Waals surface area contributed by atoms with Crippen molar-refractivity contribution >= 4 is 5.91 Å². The minimum atomic E-state index is -0.226. The number of rotatable bonds is 7. The molecule has 4 N–H and O–H groups in total. The number of nitrogens with zero attached hydrogens (tertiary/aromatic N) is 1. The molecule has 1 aromatic heterocycles. The van der Waals surface area contributed by atoms with Crippen molar-refractivity contribution in [2.45, 2.75) is 25.8 Å². The van der Waals surface area contributed by atoms with Crippen LogP contribution in [0.1, 0.15) is 30.8 Å². The van der Waals surface area contributed by atoms with Crippen molar-refractivity contribution in [1.82, 2.24) is 15.3 Å². The minimum Gasteiger partial charge on any atom is -0.347 e. The number of benzene rings is 1. The van der Waals surface area contributed by atoms with Crippen LogP contribution in [-0.4, -0.2) is 22.4 Å². The van der Waals surface area contributed by atoms with Gasteiger partial charge in [0, 0.05) is 18.9 Å². The van der Waals surface area contributed by atoms with Gasteiger partial charge in [0.1, 0.15) is 5.82 Å². The summed E-state index contributed by atoms with van der Waals surface area (Å²) in [6.07, 6.45) is 4.88. The van der Waals surface area contributed by atoms with Gasteiger partial charge in [0.15, 0.2) is 0 Å². The monoisotopic (exact) mass is 286 g/mol. The van der Waals surface area contributed by atoms with E-state index in [0.29, 0.717) is 13.0 Å². The lowest BCUT2D eigenvalue weighted by Crippen LogP contribution is -2.38. The lowest BCUT2D eigenvalue weighted by Gasteiger charge is -2.20. The Labute approximate surface area is 125 Å². The Hall–Kier alpha value is -2.14.